The summed E-state index contributed by atoms with van der Waals surface area (Å²) in [4.78, 5) is 17.6. The van der Waals surface area contributed by atoms with Crippen LogP contribution in [0.15, 0.2) is 18.2 Å². The SMILES string of the molecule is COc1ccc(C(=O)N2CCCC2)c(OC2CCN(C3CCCCCC3)CC2)c1. The van der Waals surface area contributed by atoms with Gasteiger partial charge in [0.15, 0.2) is 0 Å². The molecule has 2 heterocycles. The van der Waals surface area contributed by atoms with Crippen LogP contribution in [0.3, 0.4) is 0 Å². The van der Waals surface area contributed by atoms with Crippen LogP contribution in [0.25, 0.3) is 0 Å². The molecule has 0 bridgehead atoms. The van der Waals surface area contributed by atoms with Gasteiger partial charge in [-0.3, -0.25) is 4.79 Å². The highest BCUT2D eigenvalue weighted by Crippen LogP contribution is 2.31. The molecule has 1 saturated carbocycles. The van der Waals surface area contributed by atoms with E-state index in [9.17, 15) is 4.79 Å². The summed E-state index contributed by atoms with van der Waals surface area (Å²) in [5.41, 5.74) is 0.680. The van der Waals surface area contributed by atoms with Gasteiger partial charge in [0.1, 0.15) is 17.6 Å². The Morgan fingerprint density at radius 2 is 1.59 bits per heavy atom. The van der Waals surface area contributed by atoms with Crippen LogP contribution < -0.4 is 9.47 Å². The molecule has 29 heavy (non-hydrogen) atoms. The number of carbonyl (C=O) groups excluding carboxylic acids is 1. The first-order valence-corrected chi connectivity index (χ1v) is 11.6. The van der Waals surface area contributed by atoms with Crippen molar-refractivity contribution in [3.8, 4) is 11.5 Å². The van der Waals surface area contributed by atoms with Crippen LogP contribution in [0.5, 0.6) is 11.5 Å². The second kappa shape index (κ2) is 9.84. The minimum Gasteiger partial charge on any atom is -0.497 e. The highest BCUT2D eigenvalue weighted by atomic mass is 16.5. The number of nitrogens with zero attached hydrogens (tertiary/aromatic N) is 2. The lowest BCUT2D eigenvalue weighted by Crippen LogP contribution is -2.44. The van der Waals surface area contributed by atoms with Gasteiger partial charge in [-0.05, 0) is 50.7 Å². The van der Waals surface area contributed by atoms with E-state index < -0.39 is 0 Å². The molecule has 0 spiro atoms. The summed E-state index contributed by atoms with van der Waals surface area (Å²) in [5, 5.41) is 0. The summed E-state index contributed by atoms with van der Waals surface area (Å²) in [6.45, 7) is 3.91. The van der Waals surface area contributed by atoms with Crippen molar-refractivity contribution >= 4 is 5.91 Å². The molecule has 0 aromatic heterocycles. The van der Waals surface area contributed by atoms with Crippen molar-refractivity contribution in [1.82, 2.24) is 9.80 Å². The Balaban J connectivity index is 1.40. The highest BCUT2D eigenvalue weighted by molar-refractivity contribution is 5.97. The first-order valence-electron chi connectivity index (χ1n) is 11.6. The van der Waals surface area contributed by atoms with Crippen molar-refractivity contribution in [3.05, 3.63) is 23.8 Å². The van der Waals surface area contributed by atoms with E-state index in [1.807, 2.05) is 23.1 Å². The Kier molecular flexibility index (Phi) is 6.96. The van der Waals surface area contributed by atoms with E-state index in [0.717, 1.165) is 63.7 Å². The van der Waals surface area contributed by atoms with Crippen LogP contribution in [-0.4, -0.2) is 61.1 Å². The summed E-state index contributed by atoms with van der Waals surface area (Å²) < 4.78 is 11.8. The lowest BCUT2D eigenvalue weighted by molar-refractivity contribution is 0.0670. The number of likely N-dealkylation sites (tertiary alicyclic amines) is 2. The van der Waals surface area contributed by atoms with E-state index in [4.69, 9.17) is 9.47 Å². The first-order chi connectivity index (χ1) is 14.2. The van der Waals surface area contributed by atoms with Crippen LogP contribution in [-0.2, 0) is 0 Å². The number of rotatable bonds is 5. The zero-order valence-electron chi connectivity index (χ0n) is 17.9. The zero-order chi connectivity index (χ0) is 20.1. The second-order valence-electron chi connectivity index (χ2n) is 8.86. The summed E-state index contributed by atoms with van der Waals surface area (Å²) in [7, 11) is 1.66. The summed E-state index contributed by atoms with van der Waals surface area (Å²) >= 11 is 0. The number of hydrogen-bond acceptors (Lipinski definition) is 4. The summed E-state index contributed by atoms with van der Waals surface area (Å²) in [6, 6.07) is 6.39. The van der Waals surface area contributed by atoms with E-state index in [1.54, 1.807) is 7.11 Å². The van der Waals surface area contributed by atoms with Crippen LogP contribution in [0, 0.1) is 0 Å². The zero-order valence-corrected chi connectivity index (χ0v) is 17.9. The van der Waals surface area contributed by atoms with E-state index in [2.05, 4.69) is 4.90 Å². The molecule has 0 atom stereocenters. The first kappa shape index (κ1) is 20.5. The van der Waals surface area contributed by atoms with Crippen LogP contribution in [0.4, 0.5) is 0 Å². The van der Waals surface area contributed by atoms with E-state index >= 15 is 0 Å². The Morgan fingerprint density at radius 1 is 0.897 bits per heavy atom. The Morgan fingerprint density at radius 3 is 2.24 bits per heavy atom. The molecule has 2 aliphatic heterocycles. The Labute approximate surface area is 175 Å². The molecular formula is C24H36N2O3. The highest BCUT2D eigenvalue weighted by Gasteiger charge is 2.28. The molecule has 1 amide bonds. The standard InChI is InChI=1S/C24H36N2O3/c1-28-21-10-11-22(24(27)26-14-6-7-15-26)23(18-21)29-20-12-16-25(17-13-20)19-8-4-2-3-5-9-19/h10-11,18-20H,2-9,12-17H2,1H3. The number of carbonyl (C=O) groups is 1. The van der Waals surface area contributed by atoms with E-state index in [1.165, 1.54) is 38.5 Å². The lowest BCUT2D eigenvalue weighted by atomic mass is 10.0. The average Bonchev–Trinajstić information content (AvgIpc) is 3.16. The van der Waals surface area contributed by atoms with Gasteiger partial charge in [-0.25, -0.2) is 0 Å². The van der Waals surface area contributed by atoms with Gasteiger partial charge in [-0.2, -0.15) is 0 Å². The second-order valence-corrected chi connectivity index (χ2v) is 8.86. The van der Waals surface area contributed by atoms with Gasteiger partial charge in [-0.15, -0.1) is 0 Å². The third-order valence-corrected chi connectivity index (χ3v) is 6.92. The average molecular weight is 401 g/mol. The number of hydrogen-bond donors (Lipinski definition) is 0. The van der Waals surface area contributed by atoms with Crippen molar-refractivity contribution in [1.29, 1.82) is 0 Å². The van der Waals surface area contributed by atoms with E-state index in [-0.39, 0.29) is 12.0 Å². The maximum absolute atomic E-state index is 13.0. The quantitative estimate of drug-likeness (QED) is 0.683. The summed E-state index contributed by atoms with van der Waals surface area (Å²) in [6.07, 6.45) is 12.7. The molecular weight excluding hydrogens is 364 g/mol. The summed E-state index contributed by atoms with van der Waals surface area (Å²) in [5.74, 6) is 1.53. The largest absolute Gasteiger partial charge is 0.497 e. The number of benzene rings is 1. The van der Waals surface area contributed by atoms with Crippen molar-refractivity contribution in [2.75, 3.05) is 33.3 Å². The fourth-order valence-corrected chi connectivity index (χ4v) is 5.16. The van der Waals surface area contributed by atoms with E-state index in [0.29, 0.717) is 11.3 Å². The molecule has 4 rings (SSSR count). The van der Waals surface area contributed by atoms with Crippen LogP contribution in [0.2, 0.25) is 0 Å². The number of ether oxygens (including phenoxy) is 2. The molecule has 3 aliphatic rings. The number of amides is 1. The van der Waals surface area contributed by atoms with Crippen LogP contribution >= 0.6 is 0 Å². The normalized spacial score (nSPS) is 22.4. The van der Waals surface area contributed by atoms with Gasteiger partial charge in [0.05, 0.1) is 12.7 Å². The molecule has 1 aromatic carbocycles. The maximum atomic E-state index is 13.0. The topological polar surface area (TPSA) is 42.0 Å². The molecule has 5 heteroatoms. The van der Waals surface area contributed by atoms with Crippen molar-refractivity contribution in [2.45, 2.75) is 76.4 Å². The smallest absolute Gasteiger partial charge is 0.257 e. The minimum atomic E-state index is 0.0936. The predicted octanol–water partition coefficient (Wildman–Crippen LogP) is 4.50. The monoisotopic (exact) mass is 400 g/mol. The van der Waals surface area contributed by atoms with Gasteiger partial charge in [0.2, 0.25) is 0 Å². The molecule has 0 radical (unpaired) electrons. The number of methoxy groups -OCH3 is 1. The predicted molar refractivity (Wildman–Crippen MR) is 115 cm³/mol. The molecule has 160 valence electrons. The Bertz CT molecular complexity index is 671. The van der Waals surface area contributed by atoms with Gasteiger partial charge < -0.3 is 19.3 Å². The van der Waals surface area contributed by atoms with Gasteiger partial charge >= 0.3 is 0 Å². The molecule has 5 nitrogen and oxygen atoms in total. The van der Waals surface area contributed by atoms with Crippen LogP contribution in [0.1, 0.15) is 74.6 Å². The van der Waals surface area contributed by atoms with Gasteiger partial charge in [0.25, 0.3) is 5.91 Å². The van der Waals surface area contributed by atoms with Gasteiger partial charge in [-0.1, -0.05) is 25.7 Å². The minimum absolute atomic E-state index is 0.0936. The molecule has 0 unspecified atom stereocenters. The molecule has 3 fully saturated rings. The molecule has 2 saturated heterocycles. The fourth-order valence-electron chi connectivity index (χ4n) is 5.16. The molecule has 0 N–H and O–H groups in total. The van der Waals surface area contributed by atoms with Gasteiger partial charge in [0, 0.05) is 38.3 Å². The Hall–Kier alpha value is -1.75. The lowest BCUT2D eigenvalue weighted by Gasteiger charge is -2.37. The molecule has 1 aromatic rings. The molecule has 1 aliphatic carbocycles. The van der Waals surface area contributed by atoms with Crippen molar-refractivity contribution in [2.24, 2.45) is 0 Å². The fraction of sp³-hybridized carbons (Fsp3) is 0.708. The van der Waals surface area contributed by atoms with Crippen molar-refractivity contribution < 1.29 is 14.3 Å². The van der Waals surface area contributed by atoms with Crippen molar-refractivity contribution in [3.63, 3.8) is 0 Å². The maximum Gasteiger partial charge on any atom is 0.257 e. The third kappa shape index (κ3) is 5.06. The number of piperidine rings is 1. The third-order valence-electron chi connectivity index (χ3n) is 6.92.